The summed E-state index contributed by atoms with van der Waals surface area (Å²) in [5.74, 6) is -0.798. The van der Waals surface area contributed by atoms with Gasteiger partial charge in [-0.2, -0.15) is 0 Å². The van der Waals surface area contributed by atoms with Crippen molar-refractivity contribution >= 4 is 27.4 Å². The maximum Gasteiger partial charge on any atom is 0.303 e. The quantitative estimate of drug-likeness (QED) is 0.908. The van der Waals surface area contributed by atoms with Gasteiger partial charge in [0.1, 0.15) is 0 Å². The first-order valence-electron chi connectivity index (χ1n) is 6.00. The van der Waals surface area contributed by atoms with Crippen LogP contribution >= 0.6 is 11.6 Å². The van der Waals surface area contributed by atoms with Crippen molar-refractivity contribution in [1.29, 1.82) is 0 Å². The summed E-state index contributed by atoms with van der Waals surface area (Å²) in [5.41, 5.74) is 0.634. The summed E-state index contributed by atoms with van der Waals surface area (Å²) in [6.45, 7) is 0. The van der Waals surface area contributed by atoms with Crippen LogP contribution in [0.5, 0.6) is 0 Å². The number of carboxylic acids is 1. The third kappa shape index (κ3) is 3.48. The molecule has 1 fully saturated rings. The average molecular weight is 303 g/mol. The number of halogens is 1. The molecule has 19 heavy (non-hydrogen) atoms. The molecule has 0 spiro atoms. The molecular formula is C13H15ClO4S. The third-order valence-electron chi connectivity index (χ3n) is 3.38. The summed E-state index contributed by atoms with van der Waals surface area (Å²) in [6, 6.07) is 4.50. The summed E-state index contributed by atoms with van der Waals surface area (Å²) in [7, 11) is -3.32. The highest BCUT2D eigenvalue weighted by Gasteiger charge is 2.35. The Hall–Kier alpha value is -1.07. The number of hydrogen-bond donors (Lipinski definition) is 1. The first-order chi connectivity index (χ1) is 8.79. The van der Waals surface area contributed by atoms with Crippen molar-refractivity contribution in [1.82, 2.24) is 0 Å². The molecule has 1 aliphatic carbocycles. The Bertz CT molecular complexity index is 605. The SMILES string of the molecule is CS(=O)(=O)c1ccc(Cl)c(C(CC(=O)O)C2CC2)c1. The highest BCUT2D eigenvalue weighted by Crippen LogP contribution is 2.46. The molecular weight excluding hydrogens is 288 g/mol. The van der Waals surface area contributed by atoms with E-state index in [4.69, 9.17) is 16.7 Å². The zero-order chi connectivity index (χ0) is 14.2. The second kappa shape index (κ2) is 5.13. The summed E-state index contributed by atoms with van der Waals surface area (Å²) < 4.78 is 23.1. The van der Waals surface area contributed by atoms with E-state index in [0.717, 1.165) is 19.1 Å². The number of carbonyl (C=O) groups is 1. The minimum Gasteiger partial charge on any atom is -0.481 e. The van der Waals surface area contributed by atoms with Crippen LogP contribution in [0.25, 0.3) is 0 Å². The van der Waals surface area contributed by atoms with Gasteiger partial charge in [-0.3, -0.25) is 4.79 Å². The van der Waals surface area contributed by atoms with E-state index >= 15 is 0 Å². The molecule has 0 radical (unpaired) electrons. The summed E-state index contributed by atoms with van der Waals surface area (Å²) in [5, 5.41) is 9.42. The van der Waals surface area contributed by atoms with Gasteiger partial charge in [-0.05, 0) is 48.4 Å². The maximum atomic E-state index is 11.6. The van der Waals surface area contributed by atoms with Crippen LogP contribution in [0.3, 0.4) is 0 Å². The van der Waals surface area contributed by atoms with E-state index in [1.54, 1.807) is 0 Å². The molecule has 1 N–H and O–H groups in total. The lowest BCUT2D eigenvalue weighted by Crippen LogP contribution is -2.10. The molecule has 1 saturated carbocycles. The molecule has 1 unspecified atom stereocenters. The number of sulfone groups is 1. The Morgan fingerprint density at radius 2 is 2.11 bits per heavy atom. The van der Waals surface area contributed by atoms with E-state index in [1.807, 2.05) is 0 Å². The van der Waals surface area contributed by atoms with Gasteiger partial charge in [0.2, 0.25) is 0 Å². The van der Waals surface area contributed by atoms with E-state index < -0.39 is 15.8 Å². The third-order valence-corrected chi connectivity index (χ3v) is 4.84. The summed E-state index contributed by atoms with van der Waals surface area (Å²) in [6.07, 6.45) is 3.05. The van der Waals surface area contributed by atoms with Gasteiger partial charge in [-0.15, -0.1) is 0 Å². The maximum absolute atomic E-state index is 11.6. The molecule has 1 atom stereocenters. The van der Waals surface area contributed by atoms with Crippen molar-refractivity contribution in [3.8, 4) is 0 Å². The van der Waals surface area contributed by atoms with Gasteiger partial charge in [-0.1, -0.05) is 11.6 Å². The second-order valence-electron chi connectivity index (χ2n) is 5.00. The lowest BCUT2D eigenvalue weighted by Gasteiger charge is -2.17. The monoisotopic (exact) mass is 302 g/mol. The van der Waals surface area contributed by atoms with Crippen molar-refractivity contribution < 1.29 is 18.3 Å². The van der Waals surface area contributed by atoms with Crippen molar-refractivity contribution in [3.05, 3.63) is 28.8 Å². The predicted octanol–water partition coefficient (Wildman–Crippen LogP) is 2.71. The van der Waals surface area contributed by atoms with Crippen LogP contribution in [-0.4, -0.2) is 25.7 Å². The highest BCUT2D eigenvalue weighted by atomic mass is 35.5. The molecule has 2 rings (SSSR count). The lowest BCUT2D eigenvalue weighted by atomic mass is 9.91. The number of benzene rings is 1. The molecule has 0 heterocycles. The second-order valence-corrected chi connectivity index (χ2v) is 7.42. The van der Waals surface area contributed by atoms with Gasteiger partial charge < -0.3 is 5.11 Å². The van der Waals surface area contributed by atoms with Crippen molar-refractivity contribution in [2.75, 3.05) is 6.26 Å². The fourth-order valence-corrected chi connectivity index (χ4v) is 3.17. The predicted molar refractivity (Wildman–Crippen MR) is 72.3 cm³/mol. The Labute approximate surface area is 117 Å². The average Bonchev–Trinajstić information content (AvgIpc) is 3.08. The van der Waals surface area contributed by atoms with Crippen molar-refractivity contribution in [3.63, 3.8) is 0 Å². The van der Waals surface area contributed by atoms with Crippen molar-refractivity contribution in [2.45, 2.75) is 30.1 Å². The standard InChI is InChI=1S/C13H15ClO4S/c1-19(17,18)9-4-5-12(14)11(6-9)10(7-13(15)16)8-2-3-8/h4-6,8,10H,2-3,7H2,1H3,(H,15,16). The molecule has 1 aliphatic rings. The van der Waals surface area contributed by atoms with Crippen molar-refractivity contribution in [2.24, 2.45) is 5.92 Å². The van der Waals surface area contributed by atoms with Crippen LogP contribution in [-0.2, 0) is 14.6 Å². The lowest BCUT2D eigenvalue weighted by molar-refractivity contribution is -0.137. The Balaban J connectivity index is 2.43. The normalized spacial score (nSPS) is 17.2. The highest BCUT2D eigenvalue weighted by molar-refractivity contribution is 7.90. The van der Waals surface area contributed by atoms with Crippen LogP contribution in [0, 0.1) is 5.92 Å². The molecule has 0 saturated heterocycles. The molecule has 0 amide bonds. The van der Waals surface area contributed by atoms with Gasteiger partial charge in [-0.25, -0.2) is 8.42 Å². The van der Waals surface area contributed by atoms with Crippen LogP contribution in [0.1, 0.15) is 30.7 Å². The summed E-state index contributed by atoms with van der Waals surface area (Å²) in [4.78, 5) is 11.1. The number of carboxylic acid groups (broad SMARTS) is 1. The molecule has 4 nitrogen and oxygen atoms in total. The fraction of sp³-hybridized carbons (Fsp3) is 0.462. The summed E-state index contributed by atoms with van der Waals surface area (Å²) >= 11 is 6.11. The van der Waals surface area contributed by atoms with Gasteiger partial charge in [0.25, 0.3) is 0 Å². The van der Waals surface area contributed by atoms with E-state index in [9.17, 15) is 13.2 Å². The topological polar surface area (TPSA) is 71.4 Å². The molecule has 104 valence electrons. The van der Waals surface area contributed by atoms with E-state index in [2.05, 4.69) is 0 Å². The number of hydrogen-bond acceptors (Lipinski definition) is 3. The Morgan fingerprint density at radius 1 is 1.47 bits per heavy atom. The fourth-order valence-electron chi connectivity index (χ4n) is 2.25. The molecule has 1 aromatic rings. The van der Waals surface area contributed by atoms with Gasteiger partial charge in [0.15, 0.2) is 9.84 Å². The zero-order valence-electron chi connectivity index (χ0n) is 10.5. The smallest absolute Gasteiger partial charge is 0.303 e. The van der Waals surface area contributed by atoms with Gasteiger partial charge >= 0.3 is 5.97 Å². The Morgan fingerprint density at radius 3 is 2.58 bits per heavy atom. The zero-order valence-corrected chi connectivity index (χ0v) is 12.0. The minimum atomic E-state index is -3.32. The molecule has 0 aliphatic heterocycles. The minimum absolute atomic E-state index is 0.0163. The van der Waals surface area contributed by atoms with Crippen LogP contribution in [0.2, 0.25) is 5.02 Å². The number of aliphatic carboxylic acids is 1. The van der Waals surface area contributed by atoms with E-state index in [-0.39, 0.29) is 17.2 Å². The first kappa shape index (κ1) is 14.3. The first-order valence-corrected chi connectivity index (χ1v) is 8.27. The molecule has 6 heteroatoms. The molecule has 0 aromatic heterocycles. The molecule has 1 aromatic carbocycles. The van der Waals surface area contributed by atoms with Gasteiger partial charge in [0, 0.05) is 11.3 Å². The van der Waals surface area contributed by atoms with Crippen LogP contribution in [0.15, 0.2) is 23.1 Å². The molecule has 0 bridgehead atoms. The van der Waals surface area contributed by atoms with Crippen LogP contribution in [0.4, 0.5) is 0 Å². The van der Waals surface area contributed by atoms with E-state index in [1.165, 1.54) is 18.2 Å². The van der Waals surface area contributed by atoms with Crippen LogP contribution < -0.4 is 0 Å². The largest absolute Gasteiger partial charge is 0.481 e. The van der Waals surface area contributed by atoms with Gasteiger partial charge in [0.05, 0.1) is 11.3 Å². The number of rotatable bonds is 5. The Kier molecular flexibility index (Phi) is 3.87. The van der Waals surface area contributed by atoms with E-state index in [0.29, 0.717) is 16.5 Å².